The number of carbonyl (C=O) groups excluding carboxylic acids is 1. The van der Waals surface area contributed by atoms with E-state index in [1.54, 1.807) is 30.5 Å². The van der Waals surface area contributed by atoms with E-state index in [9.17, 15) is 4.79 Å². The van der Waals surface area contributed by atoms with E-state index < -0.39 is 0 Å². The SMILES string of the molecule is O=C(Nc1cccc(Cl)c1Cl)c1ccns1. The molecule has 0 saturated heterocycles. The fourth-order valence-electron chi connectivity index (χ4n) is 1.12. The zero-order valence-electron chi connectivity index (χ0n) is 7.91. The fourth-order valence-corrected chi connectivity index (χ4v) is 1.96. The highest BCUT2D eigenvalue weighted by Crippen LogP contribution is 2.29. The number of anilines is 1. The van der Waals surface area contributed by atoms with Gasteiger partial charge in [0, 0.05) is 6.20 Å². The van der Waals surface area contributed by atoms with Crippen LogP contribution in [0.1, 0.15) is 9.67 Å². The molecule has 1 N–H and O–H groups in total. The molecule has 2 aromatic rings. The van der Waals surface area contributed by atoms with E-state index in [0.717, 1.165) is 11.5 Å². The molecule has 1 heterocycles. The molecule has 0 atom stereocenters. The first-order valence-electron chi connectivity index (χ1n) is 4.34. The largest absolute Gasteiger partial charge is 0.320 e. The van der Waals surface area contributed by atoms with E-state index >= 15 is 0 Å². The molecule has 0 radical (unpaired) electrons. The van der Waals surface area contributed by atoms with Crippen molar-refractivity contribution in [1.29, 1.82) is 0 Å². The van der Waals surface area contributed by atoms with Crippen LogP contribution in [0.3, 0.4) is 0 Å². The number of carbonyl (C=O) groups is 1. The molecule has 6 heteroatoms. The van der Waals surface area contributed by atoms with Crippen molar-refractivity contribution in [3.8, 4) is 0 Å². The summed E-state index contributed by atoms with van der Waals surface area (Å²) >= 11 is 12.9. The number of nitrogens with one attached hydrogen (secondary N) is 1. The molecule has 0 spiro atoms. The van der Waals surface area contributed by atoms with Crippen molar-refractivity contribution in [3.63, 3.8) is 0 Å². The van der Waals surface area contributed by atoms with Crippen LogP contribution in [0.25, 0.3) is 0 Å². The maximum absolute atomic E-state index is 11.7. The summed E-state index contributed by atoms with van der Waals surface area (Å²) < 4.78 is 3.85. The van der Waals surface area contributed by atoms with Crippen molar-refractivity contribution >= 4 is 46.3 Å². The predicted molar refractivity (Wildman–Crippen MR) is 66.5 cm³/mol. The van der Waals surface area contributed by atoms with Gasteiger partial charge in [0.15, 0.2) is 0 Å². The van der Waals surface area contributed by atoms with Crippen LogP contribution in [-0.4, -0.2) is 10.3 Å². The number of hydrogen-bond acceptors (Lipinski definition) is 3. The van der Waals surface area contributed by atoms with Crippen molar-refractivity contribution < 1.29 is 4.79 Å². The fraction of sp³-hybridized carbons (Fsp3) is 0. The normalized spacial score (nSPS) is 10.1. The number of amides is 1. The van der Waals surface area contributed by atoms with Gasteiger partial charge in [-0.25, -0.2) is 4.37 Å². The van der Waals surface area contributed by atoms with Gasteiger partial charge in [-0.3, -0.25) is 4.79 Å². The third-order valence-corrected chi connectivity index (χ3v) is 3.43. The van der Waals surface area contributed by atoms with Crippen LogP contribution in [-0.2, 0) is 0 Å². The van der Waals surface area contributed by atoms with Crippen LogP contribution in [0.2, 0.25) is 10.0 Å². The van der Waals surface area contributed by atoms with Crippen LogP contribution >= 0.6 is 34.7 Å². The third-order valence-electron chi connectivity index (χ3n) is 1.86. The van der Waals surface area contributed by atoms with Crippen LogP contribution in [0.4, 0.5) is 5.69 Å². The summed E-state index contributed by atoms with van der Waals surface area (Å²) in [6.45, 7) is 0. The van der Waals surface area contributed by atoms with Crippen molar-refractivity contribution in [3.05, 3.63) is 45.4 Å². The van der Waals surface area contributed by atoms with E-state index in [-0.39, 0.29) is 5.91 Å². The first-order valence-corrected chi connectivity index (χ1v) is 5.87. The minimum Gasteiger partial charge on any atom is -0.320 e. The lowest BCUT2D eigenvalue weighted by molar-refractivity contribution is 0.103. The topological polar surface area (TPSA) is 42.0 Å². The van der Waals surface area contributed by atoms with E-state index in [0.29, 0.717) is 20.6 Å². The van der Waals surface area contributed by atoms with E-state index in [1.807, 2.05) is 0 Å². The van der Waals surface area contributed by atoms with Crippen molar-refractivity contribution in [2.45, 2.75) is 0 Å². The second-order valence-corrected chi connectivity index (χ2v) is 4.55. The molecule has 0 aliphatic carbocycles. The van der Waals surface area contributed by atoms with Gasteiger partial charge < -0.3 is 5.32 Å². The summed E-state index contributed by atoms with van der Waals surface area (Å²) in [5, 5.41) is 3.41. The molecule has 0 bridgehead atoms. The predicted octanol–water partition coefficient (Wildman–Crippen LogP) is 3.70. The average molecular weight is 273 g/mol. The van der Waals surface area contributed by atoms with Crippen LogP contribution in [0.15, 0.2) is 30.5 Å². The summed E-state index contributed by atoms with van der Waals surface area (Å²) in [5.41, 5.74) is 0.493. The first kappa shape index (κ1) is 11.4. The van der Waals surface area contributed by atoms with Gasteiger partial charge in [-0.1, -0.05) is 29.3 Å². The molecule has 0 saturated carbocycles. The minimum absolute atomic E-state index is 0.244. The van der Waals surface area contributed by atoms with Crippen molar-refractivity contribution in [2.75, 3.05) is 5.32 Å². The summed E-state index contributed by atoms with van der Waals surface area (Å²) in [7, 11) is 0. The molecule has 0 unspecified atom stereocenters. The lowest BCUT2D eigenvalue weighted by atomic mass is 10.3. The third kappa shape index (κ3) is 2.35. The van der Waals surface area contributed by atoms with Gasteiger partial charge in [-0.05, 0) is 29.7 Å². The van der Waals surface area contributed by atoms with Gasteiger partial charge in [0.25, 0.3) is 5.91 Å². The number of benzene rings is 1. The molecule has 1 aromatic carbocycles. The summed E-state index contributed by atoms with van der Waals surface area (Å²) in [6.07, 6.45) is 1.57. The highest BCUT2D eigenvalue weighted by atomic mass is 35.5. The Hall–Kier alpha value is -1.10. The van der Waals surface area contributed by atoms with E-state index in [4.69, 9.17) is 23.2 Å². The molecule has 0 aliphatic rings. The Kier molecular flexibility index (Phi) is 3.43. The molecule has 2 rings (SSSR count). The Balaban J connectivity index is 2.22. The van der Waals surface area contributed by atoms with Crippen molar-refractivity contribution in [1.82, 2.24) is 4.37 Å². The summed E-state index contributed by atoms with van der Waals surface area (Å²) in [4.78, 5) is 12.2. The standard InChI is InChI=1S/C10H6Cl2N2OS/c11-6-2-1-3-7(9(6)12)14-10(15)8-4-5-13-16-8/h1-5H,(H,14,15). The van der Waals surface area contributed by atoms with E-state index in [2.05, 4.69) is 9.69 Å². The number of nitrogens with zero attached hydrogens (tertiary/aromatic N) is 1. The molecule has 1 amide bonds. The number of hydrogen-bond donors (Lipinski definition) is 1. The smallest absolute Gasteiger partial charge is 0.267 e. The van der Waals surface area contributed by atoms with Gasteiger partial charge in [0.05, 0.1) is 15.7 Å². The Morgan fingerprint density at radius 2 is 2.12 bits per heavy atom. The zero-order chi connectivity index (χ0) is 11.5. The Labute approximate surface area is 106 Å². The van der Waals surface area contributed by atoms with Crippen LogP contribution in [0.5, 0.6) is 0 Å². The lowest BCUT2D eigenvalue weighted by Gasteiger charge is -2.06. The molecule has 0 aliphatic heterocycles. The highest BCUT2D eigenvalue weighted by Gasteiger charge is 2.11. The molecular weight excluding hydrogens is 267 g/mol. The Morgan fingerprint density at radius 1 is 1.31 bits per heavy atom. The summed E-state index contributed by atoms with van der Waals surface area (Å²) in [6, 6.07) is 6.70. The van der Waals surface area contributed by atoms with Crippen LogP contribution < -0.4 is 5.32 Å². The first-order chi connectivity index (χ1) is 7.68. The molecule has 16 heavy (non-hydrogen) atoms. The molecule has 1 aromatic heterocycles. The number of halogens is 2. The van der Waals surface area contributed by atoms with Gasteiger partial charge in [0.1, 0.15) is 4.88 Å². The van der Waals surface area contributed by atoms with Crippen molar-refractivity contribution in [2.24, 2.45) is 0 Å². The maximum Gasteiger partial charge on any atom is 0.267 e. The van der Waals surface area contributed by atoms with Gasteiger partial charge in [-0.15, -0.1) is 0 Å². The van der Waals surface area contributed by atoms with Gasteiger partial charge in [0.2, 0.25) is 0 Å². The average Bonchev–Trinajstić information content (AvgIpc) is 2.78. The Bertz CT molecular complexity index is 514. The number of aromatic nitrogens is 1. The second kappa shape index (κ2) is 4.82. The van der Waals surface area contributed by atoms with Crippen LogP contribution in [0, 0.1) is 0 Å². The van der Waals surface area contributed by atoms with Gasteiger partial charge in [-0.2, -0.15) is 0 Å². The summed E-state index contributed by atoms with van der Waals surface area (Å²) in [5.74, 6) is -0.244. The zero-order valence-corrected chi connectivity index (χ0v) is 10.2. The number of rotatable bonds is 2. The molecular formula is C10H6Cl2N2OS. The molecule has 82 valence electrons. The lowest BCUT2D eigenvalue weighted by Crippen LogP contribution is -2.10. The second-order valence-electron chi connectivity index (χ2n) is 2.93. The Morgan fingerprint density at radius 3 is 2.81 bits per heavy atom. The maximum atomic E-state index is 11.7. The monoisotopic (exact) mass is 272 g/mol. The van der Waals surface area contributed by atoms with Gasteiger partial charge >= 0.3 is 0 Å². The van der Waals surface area contributed by atoms with E-state index in [1.165, 1.54) is 0 Å². The molecule has 0 fully saturated rings. The molecule has 3 nitrogen and oxygen atoms in total. The quantitative estimate of drug-likeness (QED) is 0.906. The minimum atomic E-state index is -0.244. The highest BCUT2D eigenvalue weighted by molar-refractivity contribution is 7.08.